The predicted octanol–water partition coefficient (Wildman–Crippen LogP) is 3.32. The molecule has 0 atom stereocenters. The van der Waals surface area contributed by atoms with Gasteiger partial charge in [0.05, 0.1) is 0 Å². The third kappa shape index (κ3) is 3.61. The summed E-state index contributed by atoms with van der Waals surface area (Å²) in [5, 5.41) is 6.57. The second-order valence-electron chi connectivity index (χ2n) is 4.53. The second kappa shape index (κ2) is 6.09. The quantitative estimate of drug-likeness (QED) is 0.861. The van der Waals surface area contributed by atoms with Crippen LogP contribution in [0.5, 0.6) is 0 Å². The van der Waals surface area contributed by atoms with E-state index in [1.54, 1.807) is 6.20 Å². The van der Waals surface area contributed by atoms with Gasteiger partial charge in [-0.05, 0) is 37.3 Å². The summed E-state index contributed by atoms with van der Waals surface area (Å²) >= 11 is 0. The van der Waals surface area contributed by atoms with Gasteiger partial charge in [0.25, 0.3) is 0 Å². The maximum absolute atomic E-state index is 4.25. The number of rotatable bonds is 5. The van der Waals surface area contributed by atoms with Crippen LogP contribution < -0.4 is 15.5 Å². The first-order valence-corrected chi connectivity index (χ1v) is 6.43. The van der Waals surface area contributed by atoms with Gasteiger partial charge in [-0.15, -0.1) is 0 Å². The SMILES string of the molecule is CCNc1cc(Nc2ccc(N(C)C)cc2)ccn1. The van der Waals surface area contributed by atoms with Crippen molar-refractivity contribution in [3.05, 3.63) is 42.6 Å². The van der Waals surface area contributed by atoms with E-state index in [2.05, 4.69) is 51.7 Å². The van der Waals surface area contributed by atoms with Crippen molar-refractivity contribution in [2.45, 2.75) is 6.92 Å². The molecule has 2 aromatic rings. The van der Waals surface area contributed by atoms with Crippen LogP contribution in [0.1, 0.15) is 6.92 Å². The van der Waals surface area contributed by atoms with Crippen LogP contribution in [-0.2, 0) is 0 Å². The largest absolute Gasteiger partial charge is 0.378 e. The van der Waals surface area contributed by atoms with Crippen LogP contribution in [0.25, 0.3) is 0 Å². The van der Waals surface area contributed by atoms with E-state index in [1.807, 2.05) is 26.2 Å². The van der Waals surface area contributed by atoms with Gasteiger partial charge in [-0.25, -0.2) is 4.98 Å². The fourth-order valence-electron chi connectivity index (χ4n) is 1.80. The molecule has 0 aliphatic rings. The number of pyridine rings is 1. The highest BCUT2D eigenvalue weighted by Crippen LogP contribution is 2.21. The zero-order valence-corrected chi connectivity index (χ0v) is 11.6. The standard InChI is InChI=1S/C15H20N4/c1-4-16-15-11-13(9-10-17-15)18-12-5-7-14(8-6-12)19(2)3/h5-11H,4H2,1-3H3,(H2,16,17,18). The first kappa shape index (κ1) is 13.2. The van der Waals surface area contributed by atoms with E-state index in [1.165, 1.54) is 5.69 Å². The molecule has 0 saturated heterocycles. The van der Waals surface area contributed by atoms with Crippen LogP contribution in [-0.4, -0.2) is 25.6 Å². The van der Waals surface area contributed by atoms with Crippen molar-refractivity contribution < 1.29 is 0 Å². The van der Waals surface area contributed by atoms with Crippen molar-refractivity contribution in [2.75, 3.05) is 36.2 Å². The lowest BCUT2D eigenvalue weighted by atomic mass is 10.2. The summed E-state index contributed by atoms with van der Waals surface area (Å²) in [6.45, 7) is 2.93. The normalized spacial score (nSPS) is 10.1. The average molecular weight is 256 g/mol. The van der Waals surface area contributed by atoms with Crippen LogP contribution in [0.4, 0.5) is 22.9 Å². The van der Waals surface area contributed by atoms with Crippen molar-refractivity contribution in [3.8, 4) is 0 Å². The van der Waals surface area contributed by atoms with Gasteiger partial charge < -0.3 is 15.5 Å². The van der Waals surface area contributed by atoms with Crippen LogP contribution >= 0.6 is 0 Å². The lowest BCUT2D eigenvalue weighted by molar-refractivity contribution is 1.13. The Morgan fingerprint density at radius 3 is 2.42 bits per heavy atom. The van der Waals surface area contributed by atoms with Crippen molar-refractivity contribution >= 4 is 22.9 Å². The highest BCUT2D eigenvalue weighted by molar-refractivity contribution is 5.64. The van der Waals surface area contributed by atoms with Gasteiger partial charge >= 0.3 is 0 Å². The number of anilines is 4. The van der Waals surface area contributed by atoms with E-state index in [9.17, 15) is 0 Å². The molecule has 0 radical (unpaired) electrons. The van der Waals surface area contributed by atoms with E-state index >= 15 is 0 Å². The number of aromatic nitrogens is 1. The number of hydrogen-bond donors (Lipinski definition) is 2. The summed E-state index contributed by atoms with van der Waals surface area (Å²) in [6.07, 6.45) is 1.80. The first-order valence-electron chi connectivity index (χ1n) is 6.43. The molecule has 100 valence electrons. The molecule has 0 amide bonds. The molecule has 0 aliphatic carbocycles. The van der Waals surface area contributed by atoms with Gasteiger partial charge in [-0.2, -0.15) is 0 Å². The monoisotopic (exact) mass is 256 g/mol. The Labute approximate surface area is 114 Å². The molecule has 0 aliphatic heterocycles. The smallest absolute Gasteiger partial charge is 0.127 e. The topological polar surface area (TPSA) is 40.2 Å². The average Bonchev–Trinajstić information content (AvgIpc) is 2.40. The molecule has 0 unspecified atom stereocenters. The number of benzene rings is 1. The predicted molar refractivity (Wildman–Crippen MR) is 82.5 cm³/mol. The molecule has 2 N–H and O–H groups in total. The molecule has 0 bridgehead atoms. The number of hydrogen-bond acceptors (Lipinski definition) is 4. The first-order chi connectivity index (χ1) is 9.19. The zero-order valence-electron chi connectivity index (χ0n) is 11.6. The van der Waals surface area contributed by atoms with E-state index in [0.29, 0.717) is 0 Å². The molecule has 0 spiro atoms. The summed E-state index contributed by atoms with van der Waals surface area (Å²) in [5.41, 5.74) is 3.29. The maximum atomic E-state index is 4.25. The van der Waals surface area contributed by atoms with Crippen molar-refractivity contribution in [3.63, 3.8) is 0 Å². The number of nitrogens with one attached hydrogen (secondary N) is 2. The summed E-state index contributed by atoms with van der Waals surface area (Å²) in [6, 6.07) is 12.3. The van der Waals surface area contributed by atoms with Crippen LogP contribution in [0, 0.1) is 0 Å². The second-order valence-corrected chi connectivity index (χ2v) is 4.53. The van der Waals surface area contributed by atoms with E-state index < -0.39 is 0 Å². The molecule has 2 rings (SSSR count). The molecular weight excluding hydrogens is 236 g/mol. The van der Waals surface area contributed by atoms with Gasteiger partial charge in [0.1, 0.15) is 5.82 Å². The Hall–Kier alpha value is -2.23. The highest BCUT2D eigenvalue weighted by atomic mass is 15.1. The minimum Gasteiger partial charge on any atom is -0.378 e. The third-order valence-corrected chi connectivity index (χ3v) is 2.79. The molecule has 0 fully saturated rings. The fourth-order valence-corrected chi connectivity index (χ4v) is 1.80. The van der Waals surface area contributed by atoms with Crippen molar-refractivity contribution in [1.82, 2.24) is 4.98 Å². The summed E-state index contributed by atoms with van der Waals surface area (Å²) < 4.78 is 0. The van der Waals surface area contributed by atoms with Crippen LogP contribution in [0.2, 0.25) is 0 Å². The lowest BCUT2D eigenvalue weighted by Crippen LogP contribution is -2.08. The summed E-state index contributed by atoms with van der Waals surface area (Å²) in [7, 11) is 4.07. The fraction of sp³-hybridized carbons (Fsp3) is 0.267. The van der Waals surface area contributed by atoms with Gasteiger partial charge in [0, 0.05) is 50.0 Å². The van der Waals surface area contributed by atoms with Gasteiger partial charge in [-0.3, -0.25) is 0 Å². The van der Waals surface area contributed by atoms with Gasteiger partial charge in [0.2, 0.25) is 0 Å². The molecule has 1 heterocycles. The Kier molecular flexibility index (Phi) is 4.23. The lowest BCUT2D eigenvalue weighted by Gasteiger charge is -2.13. The van der Waals surface area contributed by atoms with Crippen molar-refractivity contribution in [1.29, 1.82) is 0 Å². The van der Waals surface area contributed by atoms with Gasteiger partial charge in [0.15, 0.2) is 0 Å². The molecule has 0 saturated carbocycles. The molecule has 4 heteroatoms. The Bertz CT molecular complexity index is 520. The van der Waals surface area contributed by atoms with Crippen LogP contribution in [0.15, 0.2) is 42.6 Å². The molecular formula is C15H20N4. The maximum Gasteiger partial charge on any atom is 0.127 e. The van der Waals surface area contributed by atoms with E-state index in [4.69, 9.17) is 0 Å². The third-order valence-electron chi connectivity index (χ3n) is 2.79. The van der Waals surface area contributed by atoms with Gasteiger partial charge in [-0.1, -0.05) is 0 Å². The van der Waals surface area contributed by atoms with E-state index in [0.717, 1.165) is 23.7 Å². The molecule has 1 aromatic heterocycles. The van der Waals surface area contributed by atoms with Crippen molar-refractivity contribution in [2.24, 2.45) is 0 Å². The Balaban J connectivity index is 2.10. The van der Waals surface area contributed by atoms with E-state index in [-0.39, 0.29) is 0 Å². The number of nitrogens with zero attached hydrogens (tertiary/aromatic N) is 2. The zero-order chi connectivity index (χ0) is 13.7. The molecule has 4 nitrogen and oxygen atoms in total. The summed E-state index contributed by atoms with van der Waals surface area (Å²) in [5.74, 6) is 0.886. The minimum atomic E-state index is 0.869. The molecule has 19 heavy (non-hydrogen) atoms. The summed E-state index contributed by atoms with van der Waals surface area (Å²) in [4.78, 5) is 6.33. The Morgan fingerprint density at radius 2 is 1.79 bits per heavy atom. The Morgan fingerprint density at radius 1 is 1.05 bits per heavy atom. The highest BCUT2D eigenvalue weighted by Gasteiger charge is 1.99. The molecule has 1 aromatic carbocycles. The van der Waals surface area contributed by atoms with Crippen LogP contribution in [0.3, 0.4) is 0 Å². The minimum absolute atomic E-state index is 0.869.